The lowest BCUT2D eigenvalue weighted by Gasteiger charge is -2.34. The van der Waals surface area contributed by atoms with Crippen LogP contribution in [0.3, 0.4) is 0 Å². The zero-order chi connectivity index (χ0) is 19.1. The molecule has 0 aliphatic heterocycles. The summed E-state index contributed by atoms with van der Waals surface area (Å²) in [6, 6.07) is 0. The topological polar surface area (TPSA) is 92.7 Å². The predicted octanol–water partition coefficient (Wildman–Crippen LogP) is 1.31. The maximum atomic E-state index is 14.2. The van der Waals surface area contributed by atoms with Crippen molar-refractivity contribution in [2.45, 2.75) is 57.0 Å². The van der Waals surface area contributed by atoms with Crippen molar-refractivity contribution in [3.05, 3.63) is 0 Å². The highest BCUT2D eigenvalue weighted by Gasteiger charge is 2.57. The number of hydrogen-bond donors (Lipinski definition) is 0. The molecule has 3 aliphatic carbocycles. The number of halogens is 2. The summed E-state index contributed by atoms with van der Waals surface area (Å²) in [5, 5.41) is 10.9. The lowest BCUT2D eigenvalue weighted by atomic mass is 9.79. The van der Waals surface area contributed by atoms with Gasteiger partial charge in [0.25, 0.3) is 0 Å². The minimum absolute atomic E-state index is 0.0171. The molecular formula is C18H23F2O6-. The molecule has 0 aromatic carbocycles. The second-order valence-corrected chi connectivity index (χ2v) is 7.72. The molecule has 146 valence electrons. The molecule has 2 bridgehead atoms. The van der Waals surface area contributed by atoms with Crippen LogP contribution < -0.4 is 5.11 Å². The number of carboxylic acid groups (broad SMARTS) is 1. The molecule has 0 amide bonds. The van der Waals surface area contributed by atoms with Crippen LogP contribution in [0.1, 0.15) is 44.9 Å². The maximum Gasteiger partial charge on any atom is 0.323 e. The molecule has 3 saturated carbocycles. The summed E-state index contributed by atoms with van der Waals surface area (Å²) in [5.41, 5.74) is 0. The number of ether oxygens (including phenoxy) is 2. The monoisotopic (exact) mass is 373 g/mol. The van der Waals surface area contributed by atoms with E-state index in [1.165, 1.54) is 7.11 Å². The van der Waals surface area contributed by atoms with Crippen molar-refractivity contribution >= 4 is 17.9 Å². The molecule has 6 nitrogen and oxygen atoms in total. The lowest BCUT2D eigenvalue weighted by Crippen LogP contribution is -2.54. The largest absolute Gasteiger partial charge is 0.544 e. The fourth-order valence-corrected chi connectivity index (χ4v) is 5.15. The average molecular weight is 373 g/mol. The quantitative estimate of drug-likeness (QED) is 0.652. The Kier molecular flexibility index (Phi) is 5.21. The van der Waals surface area contributed by atoms with Crippen molar-refractivity contribution in [3.8, 4) is 0 Å². The zero-order valence-electron chi connectivity index (χ0n) is 14.6. The second-order valence-electron chi connectivity index (χ2n) is 7.72. The number of carbonyl (C=O) groups is 3. The van der Waals surface area contributed by atoms with Crippen LogP contribution in [0.15, 0.2) is 0 Å². The molecule has 0 aromatic rings. The molecule has 26 heavy (non-hydrogen) atoms. The molecule has 0 spiro atoms. The zero-order valence-corrected chi connectivity index (χ0v) is 14.6. The Hall–Kier alpha value is -1.73. The van der Waals surface area contributed by atoms with Gasteiger partial charge in [-0.2, -0.15) is 8.78 Å². The Morgan fingerprint density at radius 3 is 2.04 bits per heavy atom. The van der Waals surface area contributed by atoms with Crippen molar-refractivity contribution in [1.82, 2.24) is 0 Å². The number of carboxylic acids is 1. The highest BCUT2D eigenvalue weighted by molar-refractivity contribution is 5.84. The van der Waals surface area contributed by atoms with Crippen molar-refractivity contribution in [1.29, 1.82) is 0 Å². The SMILES string of the molecule is COC(=O)C1C2CCC(C2)C1C(=O)OC(C1CCCC1)C(F)(F)C(=O)[O-]. The summed E-state index contributed by atoms with van der Waals surface area (Å²) in [5.74, 6) is -10.7. The van der Waals surface area contributed by atoms with Gasteiger partial charge in [-0.1, -0.05) is 12.8 Å². The van der Waals surface area contributed by atoms with E-state index in [2.05, 4.69) is 0 Å². The molecular weight excluding hydrogens is 350 g/mol. The van der Waals surface area contributed by atoms with Gasteiger partial charge < -0.3 is 19.4 Å². The fourth-order valence-electron chi connectivity index (χ4n) is 5.15. The molecule has 3 aliphatic rings. The third kappa shape index (κ3) is 3.18. The van der Waals surface area contributed by atoms with E-state index in [-0.39, 0.29) is 11.8 Å². The number of fused-ring (bicyclic) bond motifs is 2. The van der Waals surface area contributed by atoms with Crippen molar-refractivity contribution < 1.29 is 37.7 Å². The summed E-state index contributed by atoms with van der Waals surface area (Å²) >= 11 is 0. The van der Waals surface area contributed by atoms with Gasteiger partial charge >= 0.3 is 17.9 Å². The number of esters is 2. The average Bonchev–Trinajstić information content (AvgIpc) is 3.34. The van der Waals surface area contributed by atoms with Crippen LogP contribution in [0.5, 0.6) is 0 Å². The van der Waals surface area contributed by atoms with Gasteiger partial charge in [0, 0.05) is 5.92 Å². The molecule has 8 heteroatoms. The first kappa shape index (κ1) is 19.0. The van der Waals surface area contributed by atoms with Crippen LogP contribution in [0, 0.1) is 29.6 Å². The Labute approximate surface area is 150 Å². The highest BCUT2D eigenvalue weighted by Crippen LogP contribution is 2.53. The molecule has 3 fully saturated rings. The minimum Gasteiger partial charge on any atom is -0.544 e. The molecule has 0 aromatic heterocycles. The van der Waals surface area contributed by atoms with Gasteiger partial charge in [0.1, 0.15) is 5.97 Å². The number of alkyl halides is 2. The van der Waals surface area contributed by atoms with E-state index >= 15 is 0 Å². The van der Waals surface area contributed by atoms with Gasteiger partial charge in [0.2, 0.25) is 0 Å². The van der Waals surface area contributed by atoms with Crippen LogP contribution in [0.25, 0.3) is 0 Å². The van der Waals surface area contributed by atoms with E-state index in [0.29, 0.717) is 32.1 Å². The molecule has 5 unspecified atom stereocenters. The number of hydrogen-bond acceptors (Lipinski definition) is 6. The van der Waals surface area contributed by atoms with Crippen LogP contribution >= 0.6 is 0 Å². The number of methoxy groups -OCH3 is 1. The third-order valence-corrected chi connectivity index (χ3v) is 6.36. The van der Waals surface area contributed by atoms with Crippen molar-refractivity contribution in [2.24, 2.45) is 29.6 Å². The van der Waals surface area contributed by atoms with E-state index in [0.717, 1.165) is 12.8 Å². The smallest absolute Gasteiger partial charge is 0.323 e. The van der Waals surface area contributed by atoms with Crippen LogP contribution in [-0.4, -0.2) is 37.0 Å². The van der Waals surface area contributed by atoms with E-state index in [1.54, 1.807) is 0 Å². The molecule has 3 rings (SSSR count). The second kappa shape index (κ2) is 7.12. The first-order valence-electron chi connectivity index (χ1n) is 9.15. The summed E-state index contributed by atoms with van der Waals surface area (Å²) in [4.78, 5) is 35.8. The molecule has 0 N–H and O–H groups in total. The molecule has 0 heterocycles. The number of carbonyl (C=O) groups excluding carboxylic acids is 3. The summed E-state index contributed by atoms with van der Waals surface area (Å²) < 4.78 is 38.3. The van der Waals surface area contributed by atoms with Crippen LogP contribution in [-0.2, 0) is 23.9 Å². The Morgan fingerprint density at radius 1 is 1.00 bits per heavy atom. The van der Waals surface area contributed by atoms with Crippen molar-refractivity contribution in [2.75, 3.05) is 7.11 Å². The number of aliphatic carboxylic acids is 1. The maximum absolute atomic E-state index is 14.2. The normalized spacial score (nSPS) is 32.4. The van der Waals surface area contributed by atoms with Crippen LogP contribution in [0.2, 0.25) is 0 Å². The third-order valence-electron chi connectivity index (χ3n) is 6.36. The van der Waals surface area contributed by atoms with E-state index in [9.17, 15) is 28.3 Å². The van der Waals surface area contributed by atoms with Crippen molar-refractivity contribution in [3.63, 3.8) is 0 Å². The van der Waals surface area contributed by atoms with E-state index in [1.807, 2.05) is 0 Å². The lowest BCUT2D eigenvalue weighted by molar-refractivity contribution is -0.338. The minimum atomic E-state index is -4.26. The van der Waals surface area contributed by atoms with E-state index in [4.69, 9.17) is 9.47 Å². The molecule has 5 atom stereocenters. The van der Waals surface area contributed by atoms with E-state index < -0.39 is 47.7 Å². The first-order chi connectivity index (χ1) is 12.3. The Morgan fingerprint density at radius 2 is 1.54 bits per heavy atom. The van der Waals surface area contributed by atoms with Gasteiger partial charge in [-0.25, -0.2) is 0 Å². The van der Waals surface area contributed by atoms with Gasteiger partial charge in [-0.15, -0.1) is 0 Å². The van der Waals surface area contributed by atoms with Crippen LogP contribution in [0.4, 0.5) is 8.78 Å². The highest BCUT2D eigenvalue weighted by atomic mass is 19.3. The predicted molar refractivity (Wildman–Crippen MR) is 81.6 cm³/mol. The molecule has 0 radical (unpaired) electrons. The number of rotatable bonds is 6. The Bertz CT molecular complexity index is 586. The fraction of sp³-hybridized carbons (Fsp3) is 0.833. The van der Waals surface area contributed by atoms with Gasteiger partial charge in [-0.3, -0.25) is 9.59 Å². The van der Waals surface area contributed by atoms with Gasteiger partial charge in [0.15, 0.2) is 6.10 Å². The van der Waals surface area contributed by atoms with Gasteiger partial charge in [-0.05, 0) is 43.9 Å². The summed E-state index contributed by atoms with van der Waals surface area (Å²) in [6.45, 7) is 0. The first-order valence-corrected chi connectivity index (χ1v) is 9.15. The standard InChI is InChI=1S/C18H24F2O6/c1-25-15(21)12-10-6-7-11(8-10)13(12)16(22)26-14(9-4-2-3-5-9)18(19,20)17(23)24/h9-14H,2-8H2,1H3,(H,23,24)/p-1. The Balaban J connectivity index is 1.81. The summed E-state index contributed by atoms with van der Waals surface area (Å²) in [7, 11) is 1.22. The molecule has 0 saturated heterocycles. The summed E-state index contributed by atoms with van der Waals surface area (Å²) in [6.07, 6.45) is 2.22. The van der Waals surface area contributed by atoms with Gasteiger partial charge in [0.05, 0.1) is 18.9 Å².